The lowest BCUT2D eigenvalue weighted by atomic mass is 10.1. The van der Waals surface area contributed by atoms with E-state index in [1.807, 2.05) is 6.07 Å². The van der Waals surface area contributed by atoms with Crippen molar-refractivity contribution in [2.45, 2.75) is 6.42 Å². The van der Waals surface area contributed by atoms with Gasteiger partial charge in [0, 0.05) is 4.47 Å². The maximum atomic E-state index is 13.0. The third-order valence-corrected chi connectivity index (χ3v) is 3.44. The van der Waals surface area contributed by atoms with Crippen molar-refractivity contribution in [3.8, 4) is 0 Å². The number of halogens is 2. The molecule has 1 N–H and O–H groups in total. The number of ether oxygens (including phenoxy) is 1. The first-order chi connectivity index (χ1) is 10.5. The monoisotopic (exact) mass is 365 g/mol. The van der Waals surface area contributed by atoms with Crippen LogP contribution >= 0.6 is 15.9 Å². The van der Waals surface area contributed by atoms with Crippen LogP contribution in [0, 0.1) is 5.82 Å². The molecule has 22 heavy (non-hydrogen) atoms. The van der Waals surface area contributed by atoms with E-state index in [0.717, 1.165) is 4.47 Å². The van der Waals surface area contributed by atoms with E-state index >= 15 is 0 Å². The van der Waals surface area contributed by atoms with Gasteiger partial charge in [-0.25, -0.2) is 4.39 Å². The highest BCUT2D eigenvalue weighted by Gasteiger charge is 2.10. The number of anilines is 1. The topological polar surface area (TPSA) is 55.4 Å². The summed E-state index contributed by atoms with van der Waals surface area (Å²) in [7, 11) is 0. The zero-order valence-electron chi connectivity index (χ0n) is 11.5. The number of hydrogen-bond donors (Lipinski definition) is 1. The molecule has 6 heteroatoms. The zero-order chi connectivity index (χ0) is 15.9. The van der Waals surface area contributed by atoms with Gasteiger partial charge in [0.15, 0.2) is 6.61 Å². The summed E-state index contributed by atoms with van der Waals surface area (Å²) in [5.41, 5.74) is 1.09. The molecule has 2 aromatic rings. The van der Waals surface area contributed by atoms with Gasteiger partial charge in [-0.15, -0.1) is 0 Å². The fraction of sp³-hybridized carbons (Fsp3) is 0.125. The molecule has 0 aromatic heterocycles. The van der Waals surface area contributed by atoms with Crippen LogP contribution in [-0.2, 0) is 20.7 Å². The summed E-state index contributed by atoms with van der Waals surface area (Å²) in [5.74, 6) is -1.45. The molecule has 2 aromatic carbocycles. The molecular weight excluding hydrogens is 353 g/mol. The first-order valence-electron chi connectivity index (χ1n) is 6.49. The van der Waals surface area contributed by atoms with E-state index in [4.69, 9.17) is 4.74 Å². The van der Waals surface area contributed by atoms with Crippen LogP contribution in [0.15, 0.2) is 53.0 Å². The van der Waals surface area contributed by atoms with Crippen LogP contribution in [-0.4, -0.2) is 18.5 Å². The number of hydrogen-bond acceptors (Lipinski definition) is 3. The predicted molar refractivity (Wildman–Crippen MR) is 83.8 cm³/mol. The largest absolute Gasteiger partial charge is 0.455 e. The van der Waals surface area contributed by atoms with Crippen LogP contribution in [0.2, 0.25) is 0 Å². The number of carbonyl (C=O) groups is 2. The molecule has 0 radical (unpaired) electrons. The molecule has 0 aliphatic carbocycles. The summed E-state index contributed by atoms with van der Waals surface area (Å²) in [6.07, 6.45) is -0.0833. The molecular formula is C16H13BrFNO3. The van der Waals surface area contributed by atoms with Gasteiger partial charge in [0.1, 0.15) is 5.82 Å². The Kier molecular flexibility index (Phi) is 5.66. The Morgan fingerprint density at radius 1 is 1.14 bits per heavy atom. The van der Waals surface area contributed by atoms with Gasteiger partial charge in [0.25, 0.3) is 5.91 Å². The normalized spacial score (nSPS) is 10.1. The van der Waals surface area contributed by atoms with Gasteiger partial charge < -0.3 is 10.1 Å². The van der Waals surface area contributed by atoms with Gasteiger partial charge in [-0.3, -0.25) is 9.59 Å². The van der Waals surface area contributed by atoms with Crippen molar-refractivity contribution in [1.29, 1.82) is 0 Å². The second-order valence-corrected chi connectivity index (χ2v) is 5.35. The third-order valence-electron chi connectivity index (χ3n) is 2.75. The highest BCUT2D eigenvalue weighted by atomic mass is 79.9. The molecule has 0 atom stereocenters. The molecule has 4 nitrogen and oxygen atoms in total. The summed E-state index contributed by atoms with van der Waals surface area (Å²) < 4.78 is 18.6. The Morgan fingerprint density at radius 2 is 1.91 bits per heavy atom. The standard InChI is InChI=1S/C16H13BrFNO3/c17-13-6-1-2-7-14(13)19-15(20)10-22-16(21)9-11-4-3-5-12(18)8-11/h1-8H,9-10H2,(H,19,20). The van der Waals surface area contributed by atoms with Crippen molar-refractivity contribution < 1.29 is 18.7 Å². The highest BCUT2D eigenvalue weighted by molar-refractivity contribution is 9.10. The average molecular weight is 366 g/mol. The van der Waals surface area contributed by atoms with Gasteiger partial charge in [-0.05, 0) is 45.8 Å². The van der Waals surface area contributed by atoms with Gasteiger partial charge in [0.2, 0.25) is 0 Å². The Morgan fingerprint density at radius 3 is 2.64 bits per heavy atom. The van der Waals surface area contributed by atoms with E-state index < -0.39 is 24.3 Å². The number of carbonyl (C=O) groups excluding carboxylic acids is 2. The molecule has 1 amide bonds. The average Bonchev–Trinajstić information content (AvgIpc) is 2.48. The fourth-order valence-electron chi connectivity index (χ4n) is 1.76. The smallest absolute Gasteiger partial charge is 0.310 e. The molecule has 0 saturated heterocycles. The van der Waals surface area contributed by atoms with Gasteiger partial charge in [-0.2, -0.15) is 0 Å². The Hall–Kier alpha value is -2.21. The Labute approximate surface area is 135 Å². The lowest BCUT2D eigenvalue weighted by Crippen LogP contribution is -2.21. The minimum atomic E-state index is -0.590. The first kappa shape index (κ1) is 16.2. The van der Waals surface area contributed by atoms with E-state index in [1.54, 1.807) is 24.3 Å². The highest BCUT2D eigenvalue weighted by Crippen LogP contribution is 2.20. The van der Waals surface area contributed by atoms with Crippen LogP contribution in [0.3, 0.4) is 0 Å². The van der Waals surface area contributed by atoms with E-state index in [0.29, 0.717) is 11.3 Å². The molecule has 2 rings (SSSR count). The molecule has 0 aliphatic heterocycles. The first-order valence-corrected chi connectivity index (χ1v) is 7.28. The second kappa shape index (κ2) is 7.70. The van der Waals surface area contributed by atoms with Crippen molar-refractivity contribution >= 4 is 33.5 Å². The van der Waals surface area contributed by atoms with Crippen LogP contribution in [0.4, 0.5) is 10.1 Å². The molecule has 114 valence electrons. The van der Waals surface area contributed by atoms with Crippen molar-refractivity contribution in [3.63, 3.8) is 0 Å². The van der Waals surface area contributed by atoms with Crippen LogP contribution in [0.5, 0.6) is 0 Å². The lowest BCUT2D eigenvalue weighted by Gasteiger charge is -2.08. The third kappa shape index (κ3) is 4.96. The zero-order valence-corrected chi connectivity index (χ0v) is 13.1. The van der Waals surface area contributed by atoms with Crippen LogP contribution in [0.1, 0.15) is 5.56 Å². The van der Waals surface area contributed by atoms with Gasteiger partial charge in [0.05, 0.1) is 12.1 Å². The second-order valence-electron chi connectivity index (χ2n) is 4.50. The van der Waals surface area contributed by atoms with E-state index in [9.17, 15) is 14.0 Å². The summed E-state index contributed by atoms with van der Waals surface area (Å²) >= 11 is 3.30. The molecule has 0 aliphatic rings. The minimum absolute atomic E-state index is 0.0833. The van der Waals surface area contributed by atoms with Gasteiger partial charge in [-0.1, -0.05) is 24.3 Å². The summed E-state index contributed by atoms with van der Waals surface area (Å²) in [5, 5.41) is 2.62. The van der Waals surface area contributed by atoms with Crippen molar-refractivity contribution in [3.05, 3.63) is 64.4 Å². The number of amides is 1. The van der Waals surface area contributed by atoms with Crippen LogP contribution < -0.4 is 5.32 Å². The van der Waals surface area contributed by atoms with Crippen molar-refractivity contribution in [2.75, 3.05) is 11.9 Å². The maximum absolute atomic E-state index is 13.0. The Bertz CT molecular complexity index is 691. The number of nitrogens with one attached hydrogen (secondary N) is 1. The fourth-order valence-corrected chi connectivity index (χ4v) is 2.14. The maximum Gasteiger partial charge on any atom is 0.310 e. The van der Waals surface area contributed by atoms with Crippen molar-refractivity contribution in [2.24, 2.45) is 0 Å². The SMILES string of the molecule is O=C(COC(=O)Cc1cccc(F)c1)Nc1ccccc1Br. The molecule has 0 heterocycles. The summed E-state index contributed by atoms with van der Waals surface area (Å²) in [6, 6.07) is 12.8. The quantitative estimate of drug-likeness (QED) is 0.827. The molecule has 0 fully saturated rings. The van der Waals surface area contributed by atoms with Crippen LogP contribution in [0.25, 0.3) is 0 Å². The van der Waals surface area contributed by atoms with Crippen molar-refractivity contribution in [1.82, 2.24) is 0 Å². The predicted octanol–water partition coefficient (Wildman–Crippen LogP) is 3.31. The summed E-state index contributed by atoms with van der Waals surface area (Å²) in [6.45, 7) is -0.393. The molecule has 0 unspecified atom stereocenters. The number of benzene rings is 2. The molecule has 0 bridgehead atoms. The number of rotatable bonds is 5. The van der Waals surface area contributed by atoms with E-state index in [2.05, 4.69) is 21.2 Å². The molecule has 0 spiro atoms. The van der Waals surface area contributed by atoms with Gasteiger partial charge >= 0.3 is 5.97 Å². The lowest BCUT2D eigenvalue weighted by molar-refractivity contribution is -0.146. The summed E-state index contributed by atoms with van der Waals surface area (Å²) in [4.78, 5) is 23.3. The molecule has 0 saturated carbocycles. The number of para-hydroxylation sites is 1. The van der Waals surface area contributed by atoms with E-state index in [1.165, 1.54) is 18.2 Å². The van der Waals surface area contributed by atoms with E-state index in [-0.39, 0.29) is 6.42 Å². The number of esters is 1. The Balaban J connectivity index is 1.81. The minimum Gasteiger partial charge on any atom is -0.455 e.